The van der Waals surface area contributed by atoms with Crippen LogP contribution in [0.1, 0.15) is 10.4 Å². The third-order valence-corrected chi connectivity index (χ3v) is 1.90. The average molecular weight is 216 g/mol. The second-order valence-corrected chi connectivity index (χ2v) is 2.92. The molecule has 0 unspecified atom stereocenters. The number of nitro benzene ring substituents is 1. The van der Waals surface area contributed by atoms with E-state index in [9.17, 15) is 14.9 Å². The average Bonchev–Trinajstić information content (AvgIpc) is 2.08. The van der Waals surface area contributed by atoms with Gasteiger partial charge in [0, 0.05) is 12.1 Å². The summed E-state index contributed by atoms with van der Waals surface area (Å²) in [6, 6.07) is 2.05. The number of carbonyl (C=O) groups is 1. The number of anilines is 1. The molecule has 0 fully saturated rings. The first-order valence-corrected chi connectivity index (χ1v) is 3.84. The Morgan fingerprint density at radius 3 is 2.50 bits per heavy atom. The van der Waals surface area contributed by atoms with Crippen LogP contribution in [0.4, 0.5) is 11.4 Å². The molecule has 0 aliphatic rings. The molecule has 6 nitrogen and oxygen atoms in total. The standard InChI is InChI=1S/C7H6ClN3O3/c8-5-2-3(11(13)14)1-4(6(5)9)7(10)12/h1-2H,9H2,(H2,10,12). The molecule has 1 amide bonds. The predicted molar refractivity (Wildman–Crippen MR) is 51.0 cm³/mol. The zero-order chi connectivity index (χ0) is 10.9. The molecule has 74 valence electrons. The Bertz CT molecular complexity index is 419. The second-order valence-electron chi connectivity index (χ2n) is 2.51. The number of nitrogen functional groups attached to an aromatic ring is 1. The molecule has 0 aliphatic carbocycles. The zero-order valence-corrected chi connectivity index (χ0v) is 7.62. The predicted octanol–water partition coefficient (Wildman–Crippen LogP) is 0.929. The maximum Gasteiger partial charge on any atom is 0.271 e. The van der Waals surface area contributed by atoms with Gasteiger partial charge in [0.05, 0.1) is 21.2 Å². The first-order chi connectivity index (χ1) is 6.43. The topological polar surface area (TPSA) is 112 Å². The molecule has 0 radical (unpaired) electrons. The van der Waals surface area contributed by atoms with Gasteiger partial charge in [-0.2, -0.15) is 0 Å². The van der Waals surface area contributed by atoms with Crippen molar-refractivity contribution in [2.75, 3.05) is 5.73 Å². The van der Waals surface area contributed by atoms with E-state index in [1.54, 1.807) is 0 Å². The summed E-state index contributed by atoms with van der Waals surface area (Å²) < 4.78 is 0. The van der Waals surface area contributed by atoms with Gasteiger partial charge < -0.3 is 11.5 Å². The van der Waals surface area contributed by atoms with Gasteiger partial charge in [0.1, 0.15) is 0 Å². The van der Waals surface area contributed by atoms with Crippen molar-refractivity contribution in [3.05, 3.63) is 32.8 Å². The lowest BCUT2D eigenvalue weighted by Crippen LogP contribution is -2.14. The summed E-state index contributed by atoms with van der Waals surface area (Å²) in [6.07, 6.45) is 0. The van der Waals surface area contributed by atoms with Gasteiger partial charge in [-0.1, -0.05) is 11.6 Å². The molecule has 7 heteroatoms. The van der Waals surface area contributed by atoms with Crippen LogP contribution < -0.4 is 11.5 Å². The van der Waals surface area contributed by atoms with Crippen molar-refractivity contribution >= 4 is 28.9 Å². The summed E-state index contributed by atoms with van der Waals surface area (Å²) in [5.41, 5.74) is 9.83. The number of hydrogen-bond donors (Lipinski definition) is 2. The minimum absolute atomic E-state index is 0.0511. The molecule has 0 atom stereocenters. The number of nitrogens with two attached hydrogens (primary N) is 2. The summed E-state index contributed by atoms with van der Waals surface area (Å²) in [5.74, 6) is -0.854. The molecule has 4 N–H and O–H groups in total. The Morgan fingerprint density at radius 2 is 2.07 bits per heavy atom. The number of nitrogens with zero attached hydrogens (tertiary/aromatic N) is 1. The first kappa shape index (κ1) is 10.3. The maximum atomic E-state index is 10.8. The number of rotatable bonds is 2. The highest BCUT2D eigenvalue weighted by Gasteiger charge is 2.16. The van der Waals surface area contributed by atoms with E-state index in [-0.39, 0.29) is 22.0 Å². The van der Waals surface area contributed by atoms with Gasteiger partial charge in [-0.3, -0.25) is 14.9 Å². The van der Waals surface area contributed by atoms with Crippen molar-refractivity contribution in [2.24, 2.45) is 5.73 Å². The molecule has 0 bridgehead atoms. The van der Waals surface area contributed by atoms with Crippen LogP contribution in [0.25, 0.3) is 0 Å². The van der Waals surface area contributed by atoms with E-state index in [1.165, 1.54) is 0 Å². The van der Waals surface area contributed by atoms with E-state index in [0.29, 0.717) is 0 Å². The zero-order valence-electron chi connectivity index (χ0n) is 6.86. The van der Waals surface area contributed by atoms with Crippen LogP contribution in [0.15, 0.2) is 12.1 Å². The van der Waals surface area contributed by atoms with Crippen LogP contribution in [-0.4, -0.2) is 10.8 Å². The molecular weight excluding hydrogens is 210 g/mol. The lowest BCUT2D eigenvalue weighted by molar-refractivity contribution is -0.384. The Balaban J connectivity index is 3.43. The van der Waals surface area contributed by atoms with Gasteiger partial charge >= 0.3 is 0 Å². The monoisotopic (exact) mass is 215 g/mol. The fraction of sp³-hybridized carbons (Fsp3) is 0. The molecule has 0 aliphatic heterocycles. The largest absolute Gasteiger partial charge is 0.397 e. The Labute approximate surface area is 83.6 Å². The van der Waals surface area contributed by atoms with E-state index in [0.717, 1.165) is 12.1 Å². The lowest BCUT2D eigenvalue weighted by Gasteiger charge is -2.03. The number of carbonyl (C=O) groups excluding carboxylic acids is 1. The Morgan fingerprint density at radius 1 is 1.50 bits per heavy atom. The van der Waals surface area contributed by atoms with Crippen LogP contribution in [0.2, 0.25) is 5.02 Å². The first-order valence-electron chi connectivity index (χ1n) is 3.46. The number of hydrogen-bond acceptors (Lipinski definition) is 4. The normalized spacial score (nSPS) is 9.79. The molecule has 1 rings (SSSR count). The molecule has 1 aromatic rings. The molecule has 0 saturated heterocycles. The van der Waals surface area contributed by atoms with Crippen LogP contribution in [0.5, 0.6) is 0 Å². The summed E-state index contributed by atoms with van der Waals surface area (Å²) >= 11 is 5.57. The quantitative estimate of drug-likeness (QED) is 0.434. The highest BCUT2D eigenvalue weighted by atomic mass is 35.5. The van der Waals surface area contributed by atoms with Gasteiger partial charge in [-0.15, -0.1) is 0 Å². The summed E-state index contributed by atoms with van der Waals surface area (Å²) in [6.45, 7) is 0. The number of non-ortho nitro benzene ring substituents is 1. The van der Waals surface area contributed by atoms with Crippen LogP contribution in [0.3, 0.4) is 0 Å². The van der Waals surface area contributed by atoms with E-state index < -0.39 is 10.8 Å². The molecule has 0 aromatic heterocycles. The fourth-order valence-corrected chi connectivity index (χ4v) is 1.13. The molecule has 0 heterocycles. The minimum Gasteiger partial charge on any atom is -0.397 e. The van der Waals surface area contributed by atoms with Crippen molar-refractivity contribution in [1.82, 2.24) is 0 Å². The summed E-state index contributed by atoms with van der Waals surface area (Å²) in [4.78, 5) is 20.5. The SMILES string of the molecule is NC(=O)c1cc([N+](=O)[O-])cc(Cl)c1N. The molecule has 1 aromatic carbocycles. The summed E-state index contributed by atoms with van der Waals surface area (Å²) in [5, 5.41) is 10.3. The van der Waals surface area contributed by atoms with Crippen molar-refractivity contribution < 1.29 is 9.72 Å². The number of primary amides is 1. The third-order valence-electron chi connectivity index (χ3n) is 1.59. The molecule has 0 spiro atoms. The van der Waals surface area contributed by atoms with Crippen molar-refractivity contribution in [3.8, 4) is 0 Å². The van der Waals surface area contributed by atoms with Crippen molar-refractivity contribution in [3.63, 3.8) is 0 Å². The highest BCUT2D eigenvalue weighted by molar-refractivity contribution is 6.34. The van der Waals surface area contributed by atoms with Crippen LogP contribution in [-0.2, 0) is 0 Å². The van der Waals surface area contributed by atoms with Gasteiger partial charge in [-0.05, 0) is 0 Å². The van der Waals surface area contributed by atoms with E-state index >= 15 is 0 Å². The highest BCUT2D eigenvalue weighted by Crippen LogP contribution is 2.28. The molecule has 0 saturated carbocycles. The minimum atomic E-state index is -0.854. The van der Waals surface area contributed by atoms with E-state index in [1.807, 2.05) is 0 Å². The smallest absolute Gasteiger partial charge is 0.271 e. The molecular formula is C7H6ClN3O3. The maximum absolute atomic E-state index is 10.8. The Hall–Kier alpha value is -1.82. The second kappa shape index (κ2) is 3.51. The third kappa shape index (κ3) is 1.74. The van der Waals surface area contributed by atoms with Gasteiger partial charge in [-0.25, -0.2) is 0 Å². The number of amides is 1. The van der Waals surface area contributed by atoms with Crippen LogP contribution in [0, 0.1) is 10.1 Å². The number of halogens is 1. The molecule has 14 heavy (non-hydrogen) atoms. The fourth-order valence-electron chi connectivity index (χ4n) is 0.913. The Kier molecular flexibility index (Phi) is 2.57. The van der Waals surface area contributed by atoms with Crippen molar-refractivity contribution in [1.29, 1.82) is 0 Å². The summed E-state index contributed by atoms with van der Waals surface area (Å²) in [7, 11) is 0. The van der Waals surface area contributed by atoms with E-state index in [4.69, 9.17) is 23.1 Å². The van der Waals surface area contributed by atoms with Crippen LogP contribution >= 0.6 is 11.6 Å². The van der Waals surface area contributed by atoms with E-state index in [2.05, 4.69) is 0 Å². The number of benzene rings is 1. The van der Waals surface area contributed by atoms with Gasteiger partial charge in [0.25, 0.3) is 11.6 Å². The van der Waals surface area contributed by atoms with Crippen molar-refractivity contribution in [2.45, 2.75) is 0 Å². The van der Waals surface area contributed by atoms with Gasteiger partial charge in [0.2, 0.25) is 0 Å². The number of nitro groups is 1. The van der Waals surface area contributed by atoms with Gasteiger partial charge in [0.15, 0.2) is 0 Å². The lowest BCUT2D eigenvalue weighted by atomic mass is 10.1.